The summed E-state index contributed by atoms with van der Waals surface area (Å²) >= 11 is 0. The molecular formula is C24H29N5O3. The Labute approximate surface area is 188 Å². The first-order valence-electron chi connectivity index (χ1n) is 11.0. The first-order chi connectivity index (χ1) is 15.7. The molecule has 1 saturated heterocycles. The Hall–Kier alpha value is -3.23. The Balaban J connectivity index is 1.20. The van der Waals surface area contributed by atoms with Crippen LogP contribution in [0.25, 0.3) is 22.8 Å². The Bertz CT molecular complexity index is 982. The van der Waals surface area contributed by atoms with Crippen molar-refractivity contribution in [3.63, 3.8) is 0 Å². The second kappa shape index (κ2) is 10.9. The first kappa shape index (κ1) is 22.0. The van der Waals surface area contributed by atoms with Crippen molar-refractivity contribution in [1.82, 2.24) is 25.3 Å². The van der Waals surface area contributed by atoms with Gasteiger partial charge in [0.15, 0.2) is 6.61 Å². The fourth-order valence-electron chi connectivity index (χ4n) is 3.62. The molecule has 0 saturated carbocycles. The number of aromatic nitrogens is 2. The summed E-state index contributed by atoms with van der Waals surface area (Å²) in [5.41, 5.74) is 1.69. The van der Waals surface area contributed by atoms with Crippen molar-refractivity contribution in [2.45, 2.75) is 6.92 Å². The standard InChI is InChI=1S/C24H29N5O3/c1-2-28-14-16-29(17-15-28)13-12-25-22(30)18-31-21-10-8-20(9-11-21)24-26-23(27-32-24)19-6-4-3-5-7-19/h3-11H,2,12-18H2,1H3,(H,25,30). The van der Waals surface area contributed by atoms with E-state index >= 15 is 0 Å². The molecule has 0 radical (unpaired) electrons. The maximum Gasteiger partial charge on any atom is 0.258 e. The van der Waals surface area contributed by atoms with E-state index in [1.165, 1.54) is 0 Å². The highest BCUT2D eigenvalue weighted by molar-refractivity contribution is 5.77. The number of nitrogens with one attached hydrogen (secondary N) is 1. The third-order valence-corrected chi connectivity index (χ3v) is 5.59. The van der Waals surface area contributed by atoms with Gasteiger partial charge in [-0.2, -0.15) is 4.98 Å². The first-order valence-corrected chi connectivity index (χ1v) is 11.0. The SMILES string of the molecule is CCN1CCN(CCNC(=O)COc2ccc(-c3nc(-c4ccccc4)no3)cc2)CC1. The van der Waals surface area contributed by atoms with E-state index in [2.05, 4.69) is 32.2 Å². The highest BCUT2D eigenvalue weighted by Crippen LogP contribution is 2.24. The monoisotopic (exact) mass is 435 g/mol. The van der Waals surface area contributed by atoms with Gasteiger partial charge in [-0.1, -0.05) is 42.4 Å². The van der Waals surface area contributed by atoms with E-state index in [9.17, 15) is 4.79 Å². The number of carbonyl (C=O) groups is 1. The Morgan fingerprint density at radius 3 is 2.44 bits per heavy atom. The van der Waals surface area contributed by atoms with E-state index in [-0.39, 0.29) is 12.5 Å². The highest BCUT2D eigenvalue weighted by Gasteiger charge is 2.15. The van der Waals surface area contributed by atoms with Crippen LogP contribution in [0.2, 0.25) is 0 Å². The number of hydrogen-bond acceptors (Lipinski definition) is 7. The number of ether oxygens (including phenoxy) is 1. The maximum absolute atomic E-state index is 12.1. The third kappa shape index (κ3) is 5.93. The summed E-state index contributed by atoms with van der Waals surface area (Å²) in [6, 6.07) is 16.9. The minimum Gasteiger partial charge on any atom is -0.484 e. The Morgan fingerprint density at radius 2 is 1.72 bits per heavy atom. The number of rotatable bonds is 9. The largest absolute Gasteiger partial charge is 0.484 e. The predicted octanol–water partition coefficient (Wildman–Crippen LogP) is 2.54. The van der Waals surface area contributed by atoms with Crippen LogP contribution in [0.4, 0.5) is 0 Å². The number of nitrogens with zero attached hydrogens (tertiary/aromatic N) is 4. The quantitative estimate of drug-likeness (QED) is 0.553. The smallest absolute Gasteiger partial charge is 0.258 e. The lowest BCUT2D eigenvalue weighted by Gasteiger charge is -2.33. The molecule has 168 valence electrons. The van der Waals surface area contributed by atoms with E-state index in [4.69, 9.17) is 9.26 Å². The van der Waals surface area contributed by atoms with Crippen LogP contribution in [-0.4, -0.2) is 78.3 Å². The molecule has 8 nitrogen and oxygen atoms in total. The molecule has 0 aliphatic carbocycles. The molecule has 4 rings (SSSR count). The topological polar surface area (TPSA) is 83.7 Å². The molecule has 1 amide bonds. The summed E-state index contributed by atoms with van der Waals surface area (Å²) in [6.07, 6.45) is 0. The van der Waals surface area contributed by atoms with E-state index in [0.29, 0.717) is 24.0 Å². The molecule has 2 heterocycles. The normalized spacial score (nSPS) is 14.9. The lowest BCUT2D eigenvalue weighted by Crippen LogP contribution is -2.48. The van der Waals surface area contributed by atoms with Crippen LogP contribution >= 0.6 is 0 Å². The van der Waals surface area contributed by atoms with Crippen LogP contribution in [0, 0.1) is 0 Å². The lowest BCUT2D eigenvalue weighted by atomic mass is 10.2. The van der Waals surface area contributed by atoms with Crippen LogP contribution in [0.5, 0.6) is 5.75 Å². The molecule has 1 aliphatic heterocycles. The van der Waals surface area contributed by atoms with Gasteiger partial charge in [0.1, 0.15) is 5.75 Å². The third-order valence-electron chi connectivity index (χ3n) is 5.59. The second-order valence-electron chi connectivity index (χ2n) is 7.73. The Kier molecular flexibility index (Phi) is 7.47. The van der Waals surface area contributed by atoms with Crippen molar-refractivity contribution in [2.24, 2.45) is 0 Å². The summed E-state index contributed by atoms with van der Waals surface area (Å²) in [7, 11) is 0. The van der Waals surface area contributed by atoms with Gasteiger partial charge >= 0.3 is 0 Å². The van der Waals surface area contributed by atoms with Crippen molar-refractivity contribution in [1.29, 1.82) is 0 Å². The summed E-state index contributed by atoms with van der Waals surface area (Å²) < 4.78 is 11.0. The van der Waals surface area contributed by atoms with Gasteiger partial charge in [0.2, 0.25) is 5.82 Å². The lowest BCUT2D eigenvalue weighted by molar-refractivity contribution is -0.123. The zero-order valence-corrected chi connectivity index (χ0v) is 18.4. The molecule has 0 spiro atoms. The van der Waals surface area contributed by atoms with Crippen LogP contribution in [0.3, 0.4) is 0 Å². The summed E-state index contributed by atoms with van der Waals surface area (Å²) in [4.78, 5) is 21.4. The van der Waals surface area contributed by atoms with Crippen molar-refractivity contribution < 1.29 is 14.1 Å². The van der Waals surface area contributed by atoms with Crippen LogP contribution in [0.15, 0.2) is 59.1 Å². The van der Waals surface area contributed by atoms with Gasteiger partial charge in [-0.15, -0.1) is 0 Å². The minimum absolute atomic E-state index is 0.0122. The minimum atomic E-state index is -0.120. The summed E-state index contributed by atoms with van der Waals surface area (Å²) in [6.45, 7) is 9.09. The van der Waals surface area contributed by atoms with E-state index in [0.717, 1.165) is 50.4 Å². The predicted molar refractivity (Wildman–Crippen MR) is 122 cm³/mol. The van der Waals surface area contributed by atoms with Crippen molar-refractivity contribution in [3.8, 4) is 28.6 Å². The summed E-state index contributed by atoms with van der Waals surface area (Å²) in [5.74, 6) is 1.48. The average molecular weight is 436 g/mol. The van der Waals surface area contributed by atoms with Gasteiger partial charge in [-0.25, -0.2) is 0 Å². The van der Waals surface area contributed by atoms with E-state index in [1.54, 1.807) is 12.1 Å². The number of amides is 1. The van der Waals surface area contributed by atoms with E-state index in [1.807, 2.05) is 42.5 Å². The van der Waals surface area contributed by atoms with Crippen molar-refractivity contribution in [2.75, 3.05) is 52.4 Å². The molecule has 1 fully saturated rings. The van der Waals surface area contributed by atoms with Crippen LogP contribution < -0.4 is 10.1 Å². The average Bonchev–Trinajstić information content (AvgIpc) is 3.34. The number of hydrogen-bond donors (Lipinski definition) is 1. The molecule has 32 heavy (non-hydrogen) atoms. The molecule has 0 unspecified atom stereocenters. The zero-order valence-electron chi connectivity index (χ0n) is 18.4. The fourth-order valence-corrected chi connectivity index (χ4v) is 3.62. The van der Waals surface area contributed by atoms with Gasteiger partial charge in [0.05, 0.1) is 0 Å². The second-order valence-corrected chi connectivity index (χ2v) is 7.73. The van der Waals surface area contributed by atoms with Gasteiger partial charge in [-0.3, -0.25) is 9.69 Å². The Morgan fingerprint density at radius 1 is 1.00 bits per heavy atom. The van der Waals surface area contributed by atoms with Crippen LogP contribution in [0.1, 0.15) is 6.92 Å². The van der Waals surface area contributed by atoms with Gasteiger partial charge in [0, 0.05) is 50.4 Å². The molecule has 1 aliphatic rings. The molecule has 2 aromatic carbocycles. The van der Waals surface area contributed by atoms with Gasteiger partial charge < -0.3 is 19.5 Å². The fraction of sp³-hybridized carbons (Fsp3) is 0.375. The van der Waals surface area contributed by atoms with Crippen molar-refractivity contribution >= 4 is 5.91 Å². The molecule has 1 N–H and O–H groups in total. The molecule has 0 bridgehead atoms. The van der Waals surface area contributed by atoms with Crippen molar-refractivity contribution in [3.05, 3.63) is 54.6 Å². The number of likely N-dealkylation sites (N-methyl/N-ethyl adjacent to an activating group) is 1. The van der Waals surface area contributed by atoms with Gasteiger partial charge in [0.25, 0.3) is 11.8 Å². The molecular weight excluding hydrogens is 406 g/mol. The molecule has 0 atom stereocenters. The zero-order chi connectivity index (χ0) is 22.2. The molecule has 8 heteroatoms. The molecule has 3 aromatic rings. The number of piperazine rings is 1. The summed E-state index contributed by atoms with van der Waals surface area (Å²) in [5, 5.41) is 6.97. The van der Waals surface area contributed by atoms with Crippen LogP contribution in [-0.2, 0) is 4.79 Å². The maximum atomic E-state index is 12.1. The number of carbonyl (C=O) groups excluding carboxylic acids is 1. The highest BCUT2D eigenvalue weighted by atomic mass is 16.5. The molecule has 1 aromatic heterocycles. The number of benzene rings is 2. The van der Waals surface area contributed by atoms with Gasteiger partial charge in [-0.05, 0) is 30.8 Å². The van der Waals surface area contributed by atoms with E-state index < -0.39 is 0 Å².